The number of halogens is 1. The lowest BCUT2D eigenvalue weighted by atomic mass is 9.73. The summed E-state index contributed by atoms with van der Waals surface area (Å²) in [6.07, 6.45) is 2.41. The Bertz CT molecular complexity index is 601. The largest absolute Gasteiger partial charge is 0.375 e. The van der Waals surface area contributed by atoms with Gasteiger partial charge in [-0.25, -0.2) is 4.39 Å². The molecule has 2 atom stereocenters. The van der Waals surface area contributed by atoms with Gasteiger partial charge in [-0.2, -0.15) is 0 Å². The number of Topliss-reactive ketones (excluding diaryl/α,β-unsaturated/α-hetero) is 1. The number of rotatable bonds is 1. The number of ketones is 1. The monoisotopic (exact) mass is 277 g/mol. The van der Waals surface area contributed by atoms with Crippen LogP contribution < -0.4 is 4.90 Å². The zero-order valence-electron chi connectivity index (χ0n) is 11.2. The van der Waals surface area contributed by atoms with Gasteiger partial charge >= 0.3 is 0 Å². The lowest BCUT2D eigenvalue weighted by molar-refractivity contribution is -0.151. The molecule has 1 aromatic rings. The van der Waals surface area contributed by atoms with Gasteiger partial charge in [0.25, 0.3) is 5.91 Å². The zero-order valence-corrected chi connectivity index (χ0v) is 11.2. The average Bonchev–Trinajstić information content (AvgIpc) is 2.62. The van der Waals surface area contributed by atoms with Crippen molar-refractivity contribution in [3.8, 4) is 0 Å². The number of anilines is 1. The van der Waals surface area contributed by atoms with Crippen LogP contribution in [0.25, 0.3) is 0 Å². The summed E-state index contributed by atoms with van der Waals surface area (Å²) < 4.78 is 13.5. The van der Waals surface area contributed by atoms with Gasteiger partial charge in [0.2, 0.25) is 0 Å². The van der Waals surface area contributed by atoms with Crippen molar-refractivity contribution in [1.29, 1.82) is 0 Å². The molecule has 1 fully saturated rings. The number of carbonyl (C=O) groups is 2. The molecule has 1 heterocycles. The smallest absolute Gasteiger partial charge is 0.264 e. The number of benzene rings is 1. The molecule has 1 aliphatic heterocycles. The zero-order chi connectivity index (χ0) is 14.5. The second-order valence-electron chi connectivity index (χ2n) is 5.56. The van der Waals surface area contributed by atoms with Crippen LogP contribution in [0.15, 0.2) is 18.2 Å². The standard InChI is InChI=1S/C15H16FNO3/c1-17-12-7-6-9(16)8-11(12)15(20,14(17)19)10-4-2-3-5-13(10)18/h6-8,10,20H,2-5H2,1H3/t10-,15-/m0/s1. The summed E-state index contributed by atoms with van der Waals surface area (Å²) in [5, 5.41) is 10.9. The number of carbonyl (C=O) groups excluding carboxylic acids is 2. The second kappa shape index (κ2) is 4.38. The Morgan fingerprint density at radius 2 is 2.10 bits per heavy atom. The highest BCUT2D eigenvalue weighted by Crippen LogP contribution is 2.47. The van der Waals surface area contributed by atoms with E-state index in [1.165, 1.54) is 30.1 Å². The highest BCUT2D eigenvalue weighted by molar-refractivity contribution is 6.09. The summed E-state index contributed by atoms with van der Waals surface area (Å²) >= 11 is 0. The molecule has 0 saturated heterocycles. The molecule has 1 N–H and O–H groups in total. The minimum atomic E-state index is -1.91. The van der Waals surface area contributed by atoms with E-state index < -0.39 is 23.2 Å². The van der Waals surface area contributed by atoms with Crippen molar-refractivity contribution in [2.75, 3.05) is 11.9 Å². The summed E-state index contributed by atoms with van der Waals surface area (Å²) in [6, 6.07) is 3.88. The molecule has 0 radical (unpaired) electrons. The van der Waals surface area contributed by atoms with Crippen LogP contribution in [0.2, 0.25) is 0 Å². The van der Waals surface area contributed by atoms with Crippen LogP contribution in [0.3, 0.4) is 0 Å². The van der Waals surface area contributed by atoms with Crippen LogP contribution in [0, 0.1) is 11.7 Å². The average molecular weight is 277 g/mol. The number of likely N-dealkylation sites (N-methyl/N-ethyl adjacent to an activating group) is 1. The summed E-state index contributed by atoms with van der Waals surface area (Å²) in [6.45, 7) is 0. The second-order valence-corrected chi connectivity index (χ2v) is 5.56. The van der Waals surface area contributed by atoms with E-state index in [2.05, 4.69) is 0 Å². The highest BCUT2D eigenvalue weighted by atomic mass is 19.1. The predicted octanol–water partition coefficient (Wildman–Crippen LogP) is 1.75. The van der Waals surface area contributed by atoms with Gasteiger partial charge < -0.3 is 10.0 Å². The van der Waals surface area contributed by atoms with E-state index in [4.69, 9.17) is 0 Å². The third-order valence-electron chi connectivity index (χ3n) is 4.42. The van der Waals surface area contributed by atoms with Gasteiger partial charge in [0.05, 0.1) is 11.6 Å². The lowest BCUT2D eigenvalue weighted by Crippen LogP contribution is -2.48. The van der Waals surface area contributed by atoms with Crippen LogP contribution in [0.1, 0.15) is 31.2 Å². The minimum Gasteiger partial charge on any atom is -0.375 e. The van der Waals surface area contributed by atoms with Gasteiger partial charge in [-0.05, 0) is 31.0 Å². The normalized spacial score (nSPS) is 29.8. The molecule has 0 aromatic heterocycles. The van der Waals surface area contributed by atoms with Crippen LogP contribution in [-0.2, 0) is 15.2 Å². The highest BCUT2D eigenvalue weighted by Gasteiger charge is 2.56. The molecule has 4 nitrogen and oxygen atoms in total. The maximum absolute atomic E-state index is 13.5. The molecule has 2 aliphatic rings. The molecule has 0 bridgehead atoms. The first-order valence-corrected chi connectivity index (χ1v) is 6.79. The molecular weight excluding hydrogens is 261 g/mol. The van der Waals surface area contributed by atoms with Crippen molar-refractivity contribution in [1.82, 2.24) is 0 Å². The first-order valence-electron chi connectivity index (χ1n) is 6.79. The van der Waals surface area contributed by atoms with Crippen LogP contribution >= 0.6 is 0 Å². The molecule has 0 unspecified atom stereocenters. The van der Waals surface area contributed by atoms with Crippen molar-refractivity contribution < 1.29 is 19.1 Å². The van der Waals surface area contributed by atoms with Gasteiger partial charge in [0, 0.05) is 19.0 Å². The van der Waals surface area contributed by atoms with Crippen molar-refractivity contribution in [2.24, 2.45) is 5.92 Å². The Hall–Kier alpha value is -1.75. The molecule has 5 heteroatoms. The van der Waals surface area contributed by atoms with Crippen LogP contribution in [-0.4, -0.2) is 23.8 Å². The minimum absolute atomic E-state index is 0.113. The third-order valence-corrected chi connectivity index (χ3v) is 4.42. The third kappa shape index (κ3) is 1.62. The maximum atomic E-state index is 13.5. The predicted molar refractivity (Wildman–Crippen MR) is 70.7 cm³/mol. The van der Waals surface area contributed by atoms with E-state index in [1.807, 2.05) is 0 Å². The summed E-state index contributed by atoms with van der Waals surface area (Å²) in [5.74, 6) is -1.95. The van der Waals surface area contributed by atoms with Gasteiger partial charge in [-0.15, -0.1) is 0 Å². The molecule has 20 heavy (non-hydrogen) atoms. The number of aliphatic hydroxyl groups is 1. The lowest BCUT2D eigenvalue weighted by Gasteiger charge is -2.33. The molecule has 1 saturated carbocycles. The molecule has 1 aliphatic carbocycles. The van der Waals surface area contributed by atoms with Crippen LogP contribution in [0.4, 0.5) is 10.1 Å². The van der Waals surface area contributed by atoms with E-state index in [-0.39, 0.29) is 11.3 Å². The van der Waals surface area contributed by atoms with Gasteiger partial charge in [-0.3, -0.25) is 9.59 Å². The number of fused-ring (bicyclic) bond motifs is 1. The fourth-order valence-electron chi connectivity index (χ4n) is 3.35. The Balaban J connectivity index is 2.15. The van der Waals surface area contributed by atoms with E-state index >= 15 is 0 Å². The van der Waals surface area contributed by atoms with E-state index in [9.17, 15) is 19.1 Å². The summed E-state index contributed by atoms with van der Waals surface area (Å²) in [7, 11) is 1.53. The molecule has 1 amide bonds. The molecule has 106 valence electrons. The first kappa shape index (κ1) is 13.2. The van der Waals surface area contributed by atoms with E-state index in [0.29, 0.717) is 18.5 Å². The number of hydrogen-bond acceptors (Lipinski definition) is 3. The number of hydrogen-bond donors (Lipinski definition) is 1. The maximum Gasteiger partial charge on any atom is 0.264 e. The van der Waals surface area contributed by atoms with Crippen molar-refractivity contribution in [2.45, 2.75) is 31.3 Å². The molecule has 3 rings (SSSR count). The van der Waals surface area contributed by atoms with E-state index in [0.717, 1.165) is 12.8 Å². The van der Waals surface area contributed by atoms with Crippen molar-refractivity contribution >= 4 is 17.4 Å². The first-order chi connectivity index (χ1) is 9.46. The quantitative estimate of drug-likeness (QED) is 0.850. The summed E-state index contributed by atoms with van der Waals surface area (Å²) in [5.41, 5.74) is -1.23. The Morgan fingerprint density at radius 1 is 1.35 bits per heavy atom. The van der Waals surface area contributed by atoms with Crippen molar-refractivity contribution in [3.05, 3.63) is 29.6 Å². The van der Waals surface area contributed by atoms with Gasteiger partial charge in [-0.1, -0.05) is 6.42 Å². The topological polar surface area (TPSA) is 57.6 Å². The molecule has 0 spiro atoms. The van der Waals surface area contributed by atoms with Crippen molar-refractivity contribution in [3.63, 3.8) is 0 Å². The fourth-order valence-corrected chi connectivity index (χ4v) is 3.35. The number of amides is 1. The van der Waals surface area contributed by atoms with E-state index in [1.54, 1.807) is 0 Å². The number of nitrogens with zero attached hydrogens (tertiary/aromatic N) is 1. The SMILES string of the molecule is CN1C(=O)[C@](O)([C@H]2CCCCC2=O)c2cc(F)ccc21. The Morgan fingerprint density at radius 3 is 2.80 bits per heavy atom. The Labute approximate surface area is 116 Å². The molecule has 1 aromatic carbocycles. The Kier molecular flexibility index (Phi) is 2.90. The summed E-state index contributed by atoms with van der Waals surface area (Å²) in [4.78, 5) is 25.9. The van der Waals surface area contributed by atoms with Gasteiger partial charge in [0.1, 0.15) is 11.6 Å². The molecular formula is C15H16FNO3. The van der Waals surface area contributed by atoms with Crippen LogP contribution in [0.5, 0.6) is 0 Å². The fraction of sp³-hybridized carbons (Fsp3) is 0.467. The van der Waals surface area contributed by atoms with Gasteiger partial charge in [0.15, 0.2) is 5.60 Å².